The van der Waals surface area contributed by atoms with Crippen molar-refractivity contribution in [3.63, 3.8) is 0 Å². The molecule has 216 valence electrons. The van der Waals surface area contributed by atoms with Crippen molar-refractivity contribution >= 4 is 5.97 Å². The molecule has 3 heteroatoms. The van der Waals surface area contributed by atoms with Crippen LogP contribution in [-0.2, 0) is 9.53 Å². The van der Waals surface area contributed by atoms with E-state index in [1.165, 1.54) is 51.4 Å². The number of carbonyl (C=O) groups excluding carboxylic acids is 1. The Bertz CT molecular complexity index is 1010. The van der Waals surface area contributed by atoms with E-state index >= 15 is 0 Å². The lowest BCUT2D eigenvalue weighted by Crippen LogP contribution is -2.51. The van der Waals surface area contributed by atoms with Crippen molar-refractivity contribution in [1.82, 2.24) is 0 Å². The molecule has 0 aromatic heterocycles. The summed E-state index contributed by atoms with van der Waals surface area (Å²) >= 11 is 0. The Labute approximate surface area is 238 Å². The van der Waals surface area contributed by atoms with Crippen LogP contribution in [0.1, 0.15) is 112 Å². The van der Waals surface area contributed by atoms with Gasteiger partial charge in [-0.25, -0.2) is 4.79 Å². The number of rotatable bonds is 9. The molecule has 4 aliphatic rings. The molecule has 3 fully saturated rings. The summed E-state index contributed by atoms with van der Waals surface area (Å²) in [5.41, 5.74) is 2.38. The molecule has 5 rings (SSSR count). The molecule has 0 heterocycles. The molecule has 0 bridgehead atoms. The van der Waals surface area contributed by atoms with Crippen LogP contribution in [0.5, 0.6) is 5.75 Å². The number of ether oxygens (including phenoxy) is 2. The maximum Gasteiger partial charge on any atom is 0.347 e. The van der Waals surface area contributed by atoms with Crippen molar-refractivity contribution in [1.29, 1.82) is 0 Å². The van der Waals surface area contributed by atoms with Crippen molar-refractivity contribution in [2.75, 3.05) is 0 Å². The largest absolute Gasteiger partial charge is 0.479 e. The third-order valence-corrected chi connectivity index (χ3v) is 11.9. The fourth-order valence-electron chi connectivity index (χ4n) is 9.76. The van der Waals surface area contributed by atoms with Crippen LogP contribution >= 0.6 is 0 Å². The van der Waals surface area contributed by atoms with Gasteiger partial charge in [0.05, 0.1) is 0 Å². The summed E-state index contributed by atoms with van der Waals surface area (Å²) in [6.07, 6.45) is 16.1. The number of fused-ring (bicyclic) bond motifs is 5. The first-order valence-corrected chi connectivity index (χ1v) is 16.2. The van der Waals surface area contributed by atoms with E-state index < -0.39 is 6.10 Å². The minimum Gasteiger partial charge on any atom is -0.479 e. The molecule has 0 amide bonds. The number of allylic oxidation sites excluding steroid dienone is 1. The summed E-state index contributed by atoms with van der Waals surface area (Å²) in [5.74, 6) is 5.58. The molecule has 0 spiro atoms. The van der Waals surface area contributed by atoms with Crippen LogP contribution in [0.25, 0.3) is 0 Å². The lowest BCUT2D eigenvalue weighted by molar-refractivity contribution is -0.159. The fraction of sp³-hybridized carbons (Fsp3) is 0.750. The van der Waals surface area contributed by atoms with Gasteiger partial charge in [-0.15, -0.1) is 0 Å². The van der Waals surface area contributed by atoms with Crippen molar-refractivity contribution in [2.24, 2.45) is 46.3 Å². The van der Waals surface area contributed by atoms with Crippen molar-refractivity contribution in [2.45, 2.75) is 124 Å². The second-order valence-electron chi connectivity index (χ2n) is 14.7. The predicted octanol–water partition coefficient (Wildman–Crippen LogP) is 9.41. The molecule has 9 atom stereocenters. The second kappa shape index (κ2) is 11.6. The molecule has 0 saturated heterocycles. The third-order valence-electron chi connectivity index (χ3n) is 11.9. The van der Waals surface area contributed by atoms with E-state index in [1.54, 1.807) is 12.5 Å². The molecule has 0 radical (unpaired) electrons. The van der Waals surface area contributed by atoms with E-state index in [0.717, 1.165) is 54.8 Å². The fourth-order valence-corrected chi connectivity index (χ4v) is 9.76. The Morgan fingerprint density at radius 2 is 1.72 bits per heavy atom. The number of para-hydroxylation sites is 1. The normalized spacial score (nSPS) is 37.2. The number of hydrogen-bond donors (Lipinski definition) is 0. The maximum atomic E-state index is 12.9. The van der Waals surface area contributed by atoms with Gasteiger partial charge in [0.1, 0.15) is 11.9 Å². The lowest BCUT2D eigenvalue weighted by atomic mass is 9.47. The Kier molecular flexibility index (Phi) is 8.56. The first-order valence-electron chi connectivity index (χ1n) is 16.2. The number of benzene rings is 1. The van der Waals surface area contributed by atoms with Gasteiger partial charge in [0.2, 0.25) is 0 Å². The quantitative estimate of drug-likeness (QED) is 0.234. The van der Waals surface area contributed by atoms with Gasteiger partial charge in [-0.05, 0) is 110 Å². The Balaban J connectivity index is 1.21. The summed E-state index contributed by atoms with van der Waals surface area (Å²) in [6, 6.07) is 9.56. The lowest BCUT2D eigenvalue weighted by Gasteiger charge is -2.58. The van der Waals surface area contributed by atoms with Crippen LogP contribution in [0.15, 0.2) is 42.0 Å². The Morgan fingerprint density at radius 3 is 2.46 bits per heavy atom. The van der Waals surface area contributed by atoms with Crippen LogP contribution in [0.3, 0.4) is 0 Å². The molecule has 4 aliphatic carbocycles. The molecular weight excluding hydrogens is 480 g/mol. The highest BCUT2D eigenvalue weighted by molar-refractivity contribution is 5.74. The minimum atomic E-state index is -0.593. The number of hydrogen-bond acceptors (Lipinski definition) is 3. The van der Waals surface area contributed by atoms with Gasteiger partial charge in [-0.2, -0.15) is 0 Å². The van der Waals surface area contributed by atoms with E-state index in [2.05, 4.69) is 40.7 Å². The summed E-state index contributed by atoms with van der Waals surface area (Å²) in [6.45, 7) is 14.3. The highest BCUT2D eigenvalue weighted by atomic mass is 16.6. The zero-order valence-corrected chi connectivity index (χ0v) is 25.6. The van der Waals surface area contributed by atoms with Gasteiger partial charge in [0, 0.05) is 6.42 Å². The third kappa shape index (κ3) is 5.71. The van der Waals surface area contributed by atoms with Crippen LogP contribution in [0.2, 0.25) is 0 Å². The Morgan fingerprint density at radius 1 is 0.949 bits per heavy atom. The molecule has 39 heavy (non-hydrogen) atoms. The summed E-state index contributed by atoms with van der Waals surface area (Å²) in [5, 5.41) is 0. The molecule has 0 N–H and O–H groups in total. The van der Waals surface area contributed by atoms with E-state index in [-0.39, 0.29) is 17.5 Å². The monoisotopic (exact) mass is 534 g/mol. The smallest absolute Gasteiger partial charge is 0.347 e. The summed E-state index contributed by atoms with van der Waals surface area (Å²) in [4.78, 5) is 12.9. The average molecular weight is 535 g/mol. The molecule has 3 saturated carbocycles. The predicted molar refractivity (Wildman–Crippen MR) is 159 cm³/mol. The van der Waals surface area contributed by atoms with Crippen LogP contribution in [0, 0.1) is 46.3 Å². The number of esters is 1. The maximum absolute atomic E-state index is 12.9. The van der Waals surface area contributed by atoms with Crippen LogP contribution < -0.4 is 4.74 Å². The van der Waals surface area contributed by atoms with Crippen LogP contribution in [-0.4, -0.2) is 18.2 Å². The molecular formula is C36H54O3. The number of carbonyl (C=O) groups is 1. The average Bonchev–Trinajstić information content (AvgIpc) is 3.26. The van der Waals surface area contributed by atoms with E-state index in [9.17, 15) is 4.79 Å². The standard InChI is InChI=1S/C36H54O3/c1-24(2)11-10-12-25(3)31-17-18-32-30-16-15-27-23-29(19-21-35(27,5)33(30)20-22-36(31,32)6)39-34(37)26(4)38-28-13-8-7-9-14-28/h7-9,13-15,24-26,29-33H,10-12,16-23H2,1-6H3/t25-,26-,29-,30+,31-,32+,33+,35+,36-/m1/s1. The first-order chi connectivity index (χ1) is 18.6. The van der Waals surface area contributed by atoms with Gasteiger partial charge in [0.25, 0.3) is 0 Å². The van der Waals surface area contributed by atoms with Gasteiger partial charge < -0.3 is 9.47 Å². The molecule has 1 aromatic carbocycles. The topological polar surface area (TPSA) is 35.5 Å². The van der Waals surface area contributed by atoms with Crippen molar-refractivity contribution < 1.29 is 14.3 Å². The molecule has 0 unspecified atom stereocenters. The SMILES string of the molecule is CC(C)CCC[C@@H](C)[C@H]1CC[C@H]2[C@@H]3CC=C4C[C@H](OC(=O)[C@@H](C)Oc5ccccc5)CC[C@]4(C)[C@H]3CC[C@]12C. The molecule has 3 nitrogen and oxygen atoms in total. The van der Waals surface area contributed by atoms with Gasteiger partial charge in [-0.3, -0.25) is 0 Å². The van der Waals surface area contributed by atoms with Crippen molar-refractivity contribution in [3.05, 3.63) is 42.0 Å². The van der Waals surface area contributed by atoms with Gasteiger partial charge in [0.15, 0.2) is 6.10 Å². The zero-order valence-electron chi connectivity index (χ0n) is 25.6. The summed E-state index contributed by atoms with van der Waals surface area (Å²) < 4.78 is 11.9. The van der Waals surface area contributed by atoms with E-state index in [4.69, 9.17) is 9.47 Å². The summed E-state index contributed by atoms with van der Waals surface area (Å²) in [7, 11) is 0. The highest BCUT2D eigenvalue weighted by Crippen LogP contribution is 2.67. The molecule has 0 aliphatic heterocycles. The molecule has 1 aromatic rings. The first kappa shape index (κ1) is 28.7. The van der Waals surface area contributed by atoms with Crippen LogP contribution in [0.4, 0.5) is 0 Å². The minimum absolute atomic E-state index is 0.0217. The second-order valence-corrected chi connectivity index (χ2v) is 14.7. The van der Waals surface area contributed by atoms with E-state index in [0.29, 0.717) is 11.2 Å². The highest BCUT2D eigenvalue weighted by Gasteiger charge is 2.59. The zero-order chi connectivity index (χ0) is 27.8. The van der Waals surface area contributed by atoms with Crippen molar-refractivity contribution in [3.8, 4) is 5.75 Å². The Hall–Kier alpha value is -1.77. The van der Waals surface area contributed by atoms with Gasteiger partial charge >= 0.3 is 5.97 Å². The van der Waals surface area contributed by atoms with Gasteiger partial charge in [-0.1, -0.05) is 83.7 Å². The van der Waals surface area contributed by atoms with E-state index in [1.807, 2.05) is 30.3 Å².